The van der Waals surface area contributed by atoms with Crippen molar-refractivity contribution in [1.82, 2.24) is 5.32 Å². The van der Waals surface area contributed by atoms with E-state index in [1.54, 1.807) is 6.92 Å². The number of rotatable bonds is 7. The molecular formula is C13H18N2O3S. The van der Waals surface area contributed by atoms with E-state index in [0.29, 0.717) is 6.42 Å². The lowest BCUT2D eigenvalue weighted by Gasteiger charge is -2.28. The lowest BCUT2D eigenvalue weighted by Crippen LogP contribution is -2.57. The summed E-state index contributed by atoms with van der Waals surface area (Å²) in [4.78, 5) is 21.3. The van der Waals surface area contributed by atoms with Crippen molar-refractivity contribution >= 4 is 24.5 Å². The number of nitrogens with two attached hydrogens (primary N) is 1. The summed E-state index contributed by atoms with van der Waals surface area (Å²) >= 11 is 4.16. The van der Waals surface area contributed by atoms with Crippen molar-refractivity contribution in [3.05, 3.63) is 35.9 Å². The zero-order valence-corrected chi connectivity index (χ0v) is 11.6. The van der Waals surface area contributed by atoms with Crippen molar-refractivity contribution in [2.45, 2.75) is 30.7 Å². The molecule has 4 N–H and O–H groups in total. The van der Waals surface area contributed by atoms with E-state index >= 15 is 0 Å². The maximum atomic E-state index is 11.4. The highest BCUT2D eigenvalue weighted by molar-refractivity contribution is 7.82. The molecule has 104 valence electrons. The predicted molar refractivity (Wildman–Crippen MR) is 75.9 cm³/mol. The van der Waals surface area contributed by atoms with E-state index in [1.807, 2.05) is 30.3 Å². The van der Waals surface area contributed by atoms with Crippen molar-refractivity contribution in [2.24, 2.45) is 5.73 Å². The van der Waals surface area contributed by atoms with Gasteiger partial charge in [-0.25, -0.2) is 0 Å². The van der Waals surface area contributed by atoms with E-state index in [4.69, 9.17) is 5.73 Å². The highest BCUT2D eigenvalue weighted by Gasteiger charge is 2.35. The molecule has 0 aliphatic rings. The summed E-state index contributed by atoms with van der Waals surface area (Å²) in [7, 11) is 0. The first-order valence-electron chi connectivity index (χ1n) is 5.95. The molecule has 19 heavy (non-hydrogen) atoms. The molecule has 1 amide bonds. The van der Waals surface area contributed by atoms with Crippen LogP contribution < -0.4 is 11.1 Å². The van der Waals surface area contributed by atoms with Crippen LogP contribution in [0.5, 0.6) is 0 Å². The normalized spacial score (nSPS) is 15.5. The van der Waals surface area contributed by atoms with Crippen molar-refractivity contribution < 1.29 is 14.7 Å². The number of primary amides is 1. The molecule has 0 saturated heterocycles. The third kappa shape index (κ3) is 4.25. The zero-order valence-electron chi connectivity index (χ0n) is 10.7. The third-order valence-electron chi connectivity index (χ3n) is 2.91. The molecule has 2 atom stereocenters. The Kier molecular flexibility index (Phi) is 5.38. The van der Waals surface area contributed by atoms with Gasteiger partial charge in [0, 0.05) is 0 Å². The van der Waals surface area contributed by atoms with Crippen LogP contribution in [-0.2, 0) is 16.0 Å². The van der Waals surface area contributed by atoms with E-state index < -0.39 is 22.8 Å². The van der Waals surface area contributed by atoms with Gasteiger partial charge in [0.25, 0.3) is 0 Å². The van der Waals surface area contributed by atoms with Gasteiger partial charge in [0.15, 0.2) is 0 Å². The first-order chi connectivity index (χ1) is 8.89. The van der Waals surface area contributed by atoms with Gasteiger partial charge in [-0.2, -0.15) is 0 Å². The monoisotopic (exact) mass is 282 g/mol. The number of hydrogen-bond acceptors (Lipinski definition) is 4. The number of carboxylic acid groups (broad SMARTS) is 1. The van der Waals surface area contributed by atoms with Crippen LogP contribution in [0.2, 0.25) is 0 Å². The molecule has 1 unspecified atom stereocenters. The van der Waals surface area contributed by atoms with Gasteiger partial charge in [0.1, 0.15) is 10.9 Å². The number of nitrogens with one attached hydrogen (secondary N) is 1. The fraction of sp³-hybridized carbons (Fsp3) is 0.385. The van der Waals surface area contributed by atoms with Gasteiger partial charge in [-0.3, -0.25) is 14.9 Å². The molecule has 5 nitrogen and oxygen atoms in total. The first-order valence-corrected chi connectivity index (χ1v) is 6.40. The maximum absolute atomic E-state index is 11.4. The minimum atomic E-state index is -1.32. The molecule has 0 aromatic heterocycles. The number of carbonyl (C=O) groups excluding carboxylic acids is 1. The molecule has 1 rings (SSSR count). The SMILES string of the molecule is CCC(S)(N[C@@H](Cc1ccccc1)C(=O)O)C(N)=O. The van der Waals surface area contributed by atoms with E-state index in [1.165, 1.54) is 0 Å². The molecule has 1 aromatic rings. The predicted octanol–water partition coefficient (Wildman–Crippen LogP) is 0.793. The van der Waals surface area contributed by atoms with Crippen LogP contribution in [0, 0.1) is 0 Å². The second-order valence-corrected chi connectivity index (χ2v) is 5.07. The van der Waals surface area contributed by atoms with Crippen LogP contribution in [0.15, 0.2) is 30.3 Å². The lowest BCUT2D eigenvalue weighted by atomic mass is 10.0. The number of amides is 1. The van der Waals surface area contributed by atoms with Crippen molar-refractivity contribution in [3.63, 3.8) is 0 Å². The summed E-state index contributed by atoms with van der Waals surface area (Å²) in [5, 5.41) is 11.9. The fourth-order valence-electron chi connectivity index (χ4n) is 1.69. The highest BCUT2D eigenvalue weighted by Crippen LogP contribution is 2.17. The maximum Gasteiger partial charge on any atom is 0.321 e. The smallest absolute Gasteiger partial charge is 0.321 e. The molecule has 0 saturated carbocycles. The molecule has 0 radical (unpaired) electrons. The van der Waals surface area contributed by atoms with E-state index in [0.717, 1.165) is 5.56 Å². The summed E-state index contributed by atoms with van der Waals surface area (Å²) in [5.74, 6) is -1.73. The Morgan fingerprint density at radius 2 is 2.00 bits per heavy atom. The van der Waals surface area contributed by atoms with Crippen molar-refractivity contribution in [3.8, 4) is 0 Å². The lowest BCUT2D eigenvalue weighted by molar-refractivity contribution is -0.140. The van der Waals surface area contributed by atoms with Gasteiger partial charge in [-0.1, -0.05) is 37.3 Å². The van der Waals surface area contributed by atoms with Crippen molar-refractivity contribution in [1.29, 1.82) is 0 Å². The number of aliphatic carboxylic acids is 1. The Bertz CT molecular complexity index is 452. The van der Waals surface area contributed by atoms with E-state index in [-0.39, 0.29) is 6.42 Å². The van der Waals surface area contributed by atoms with Gasteiger partial charge in [-0.05, 0) is 18.4 Å². The van der Waals surface area contributed by atoms with Gasteiger partial charge in [0.05, 0.1) is 0 Å². The van der Waals surface area contributed by atoms with Crippen molar-refractivity contribution in [2.75, 3.05) is 0 Å². The number of carbonyl (C=O) groups is 2. The molecule has 1 aromatic carbocycles. The van der Waals surface area contributed by atoms with E-state index in [2.05, 4.69) is 17.9 Å². The number of thiol groups is 1. The molecule has 0 aliphatic carbocycles. The summed E-state index contributed by atoms with van der Waals surface area (Å²) in [6, 6.07) is 8.24. The Morgan fingerprint density at radius 1 is 1.42 bits per heavy atom. The molecule has 0 spiro atoms. The van der Waals surface area contributed by atoms with Gasteiger partial charge in [-0.15, -0.1) is 12.6 Å². The van der Waals surface area contributed by atoms with E-state index in [9.17, 15) is 14.7 Å². The minimum absolute atomic E-state index is 0.256. The van der Waals surface area contributed by atoms with Gasteiger partial charge in [0.2, 0.25) is 5.91 Å². The standard InChI is InChI=1S/C13H18N2O3S/c1-2-13(19,12(14)18)15-10(11(16)17)8-9-6-4-3-5-7-9/h3-7,10,15,19H,2,8H2,1H3,(H2,14,18)(H,16,17)/t10-,13?/m0/s1. The molecule has 0 fully saturated rings. The number of benzene rings is 1. The first kappa shape index (κ1) is 15.5. The topological polar surface area (TPSA) is 92.4 Å². The summed E-state index contributed by atoms with van der Waals surface area (Å²) in [6.07, 6.45) is 0.551. The van der Waals surface area contributed by atoms with Crippen LogP contribution in [0.25, 0.3) is 0 Å². The Morgan fingerprint density at radius 3 is 2.42 bits per heavy atom. The molecule has 0 bridgehead atoms. The second kappa shape index (κ2) is 6.58. The van der Waals surface area contributed by atoms with Crippen LogP contribution in [0.3, 0.4) is 0 Å². The zero-order chi connectivity index (χ0) is 14.5. The summed E-state index contributed by atoms with van der Waals surface area (Å²) < 4.78 is 0. The summed E-state index contributed by atoms with van der Waals surface area (Å²) in [6.45, 7) is 1.71. The van der Waals surface area contributed by atoms with Gasteiger partial charge < -0.3 is 10.8 Å². The van der Waals surface area contributed by atoms with Gasteiger partial charge >= 0.3 is 5.97 Å². The quantitative estimate of drug-likeness (QED) is 0.439. The van der Waals surface area contributed by atoms with Crippen LogP contribution in [0.1, 0.15) is 18.9 Å². The van der Waals surface area contributed by atoms with Crippen LogP contribution in [-0.4, -0.2) is 27.9 Å². The number of hydrogen-bond donors (Lipinski definition) is 4. The molecule has 0 heterocycles. The highest BCUT2D eigenvalue weighted by atomic mass is 32.1. The fourth-order valence-corrected chi connectivity index (χ4v) is 1.84. The Hall–Kier alpha value is -1.53. The third-order valence-corrected chi connectivity index (χ3v) is 3.58. The molecule has 0 aliphatic heterocycles. The molecular weight excluding hydrogens is 264 g/mol. The average molecular weight is 282 g/mol. The summed E-state index contributed by atoms with van der Waals surface area (Å²) in [5.41, 5.74) is 6.11. The second-order valence-electron chi connectivity index (χ2n) is 4.30. The number of carboxylic acids is 1. The Balaban J connectivity index is 2.85. The molecule has 6 heteroatoms. The average Bonchev–Trinajstić information content (AvgIpc) is 2.38. The Labute approximate surface area is 117 Å². The largest absolute Gasteiger partial charge is 0.480 e. The van der Waals surface area contributed by atoms with Crippen LogP contribution in [0.4, 0.5) is 0 Å². The van der Waals surface area contributed by atoms with Crippen LogP contribution >= 0.6 is 12.6 Å². The minimum Gasteiger partial charge on any atom is -0.480 e.